The Hall–Kier alpha value is -3.56. The number of β-amino-alcohol motifs (C(OH)–C–C–N with tert-alkyl or cyclic N) is 1. The van der Waals surface area contributed by atoms with Crippen LogP contribution in [0.4, 0.5) is 0 Å². The topological polar surface area (TPSA) is 158 Å². The number of aliphatic hydroxyl groups excluding tert-OH is 1. The lowest BCUT2D eigenvalue weighted by Crippen LogP contribution is -2.48. The van der Waals surface area contributed by atoms with Crippen molar-refractivity contribution in [1.29, 1.82) is 0 Å². The minimum Gasteiger partial charge on any atom is -0.496 e. The number of aromatic nitrogens is 2. The number of carbonyl (C=O) groups excluding carboxylic acids is 2. The van der Waals surface area contributed by atoms with Gasteiger partial charge in [0.2, 0.25) is 11.8 Å². The van der Waals surface area contributed by atoms with Crippen LogP contribution in [-0.2, 0) is 19.1 Å². The van der Waals surface area contributed by atoms with Gasteiger partial charge in [-0.25, -0.2) is 4.98 Å². The molecule has 258 valence electrons. The maximum absolute atomic E-state index is 14.0. The van der Waals surface area contributed by atoms with Crippen molar-refractivity contribution < 1.29 is 38.2 Å². The minimum atomic E-state index is -0.857. The van der Waals surface area contributed by atoms with Crippen LogP contribution < -0.4 is 20.1 Å². The average Bonchev–Trinajstić information content (AvgIpc) is 3.79. The maximum atomic E-state index is 14.0. The molecule has 1 fully saturated rings. The summed E-state index contributed by atoms with van der Waals surface area (Å²) >= 11 is 1.55. The first-order valence-electron chi connectivity index (χ1n) is 15.9. The van der Waals surface area contributed by atoms with Crippen molar-refractivity contribution in [1.82, 2.24) is 25.7 Å². The molecule has 2 amide bonds. The Labute approximate surface area is 279 Å². The largest absolute Gasteiger partial charge is 0.496 e. The molecule has 1 aromatic carbocycles. The molecule has 4 rings (SSSR count). The molecule has 0 saturated carbocycles. The lowest BCUT2D eigenvalue weighted by Gasteiger charge is -2.29. The zero-order valence-electron chi connectivity index (χ0n) is 28.0. The first kappa shape index (κ1) is 36.3. The molecule has 0 aliphatic carbocycles. The summed E-state index contributed by atoms with van der Waals surface area (Å²) in [5, 5.41) is 20.6. The van der Waals surface area contributed by atoms with Gasteiger partial charge >= 0.3 is 0 Å². The quantitative estimate of drug-likeness (QED) is 0.170. The number of likely N-dealkylation sites (N-methyl/N-ethyl adjacent to an activating group) is 1. The number of aliphatic hydroxyl groups is 1. The lowest BCUT2D eigenvalue weighted by molar-refractivity contribution is -0.141. The zero-order valence-corrected chi connectivity index (χ0v) is 28.8. The van der Waals surface area contributed by atoms with Gasteiger partial charge in [0.25, 0.3) is 5.88 Å². The van der Waals surface area contributed by atoms with E-state index in [2.05, 4.69) is 20.8 Å². The van der Waals surface area contributed by atoms with E-state index in [0.717, 1.165) is 28.2 Å². The van der Waals surface area contributed by atoms with Crippen LogP contribution in [0.3, 0.4) is 0 Å². The van der Waals surface area contributed by atoms with Crippen LogP contribution in [-0.4, -0.2) is 104 Å². The number of nitrogens with one attached hydrogen (secondary N) is 2. The number of nitrogens with zero attached hydrogens (tertiary/aromatic N) is 3. The molecular formula is C33H47N5O8S. The third-order valence-electron chi connectivity index (χ3n) is 8.02. The van der Waals surface area contributed by atoms with Crippen molar-refractivity contribution in [2.75, 3.05) is 60.3 Å². The highest BCUT2D eigenvalue weighted by molar-refractivity contribution is 7.13. The standard InChI is InChI=1S/C33H47N5O8S/c1-20(2)30(28-17-29(37-46-28)45-14-13-44-12-11-43-10-9-34-5)33(41)38-18-24(39)16-26(38)32(40)36-21(3)25-8-7-23(15-27(25)42-6)31-22(4)35-19-47-31/h7-8,15,17,19-21,24,26,30,34,39H,9-14,16,18H2,1-6H3,(H,36,40)/t21-,24+,26-,30?/m0/s1. The normalized spacial score (nSPS) is 17.6. The number of thiazole rings is 1. The number of aryl methyl sites for hydroxylation is 1. The van der Waals surface area contributed by atoms with Crippen molar-refractivity contribution in [2.45, 2.75) is 58.2 Å². The number of amides is 2. The first-order valence-corrected chi connectivity index (χ1v) is 16.8. The Morgan fingerprint density at radius 3 is 2.55 bits per heavy atom. The molecule has 14 heteroatoms. The van der Waals surface area contributed by atoms with Crippen LogP contribution >= 0.6 is 11.3 Å². The van der Waals surface area contributed by atoms with E-state index < -0.39 is 24.1 Å². The fourth-order valence-corrected chi connectivity index (χ4v) is 6.39. The van der Waals surface area contributed by atoms with Crippen LogP contribution in [0.5, 0.6) is 11.6 Å². The van der Waals surface area contributed by atoms with Crippen molar-refractivity contribution >= 4 is 23.2 Å². The smallest absolute Gasteiger partial charge is 0.254 e. The molecule has 4 atom stereocenters. The second-order valence-electron chi connectivity index (χ2n) is 11.8. The molecule has 47 heavy (non-hydrogen) atoms. The molecule has 1 aliphatic heterocycles. The van der Waals surface area contributed by atoms with E-state index in [0.29, 0.717) is 37.9 Å². The summed E-state index contributed by atoms with van der Waals surface area (Å²) in [7, 11) is 3.46. The predicted octanol–water partition coefficient (Wildman–Crippen LogP) is 3.33. The fraction of sp³-hybridized carbons (Fsp3) is 0.576. The van der Waals surface area contributed by atoms with E-state index in [9.17, 15) is 14.7 Å². The Balaban J connectivity index is 1.37. The summed E-state index contributed by atoms with van der Waals surface area (Å²) in [5.41, 5.74) is 4.52. The van der Waals surface area contributed by atoms with Crippen LogP contribution in [0.15, 0.2) is 34.3 Å². The third-order valence-corrected chi connectivity index (χ3v) is 9.00. The van der Waals surface area contributed by atoms with Crippen LogP contribution in [0, 0.1) is 12.8 Å². The summed E-state index contributed by atoms with van der Waals surface area (Å²) in [4.78, 5) is 34.4. The predicted molar refractivity (Wildman–Crippen MR) is 177 cm³/mol. The number of ether oxygens (including phenoxy) is 4. The number of methoxy groups -OCH3 is 1. The van der Waals surface area contributed by atoms with Crippen LogP contribution in [0.1, 0.15) is 56.2 Å². The van der Waals surface area contributed by atoms with Gasteiger partial charge in [-0.15, -0.1) is 11.3 Å². The Kier molecular flexibility index (Phi) is 13.5. The van der Waals surface area contributed by atoms with Gasteiger partial charge in [-0.3, -0.25) is 9.59 Å². The van der Waals surface area contributed by atoms with E-state index in [1.165, 1.54) is 4.90 Å². The molecule has 3 N–H and O–H groups in total. The molecule has 0 radical (unpaired) electrons. The molecule has 1 aliphatic rings. The van der Waals surface area contributed by atoms with Gasteiger partial charge in [0.1, 0.15) is 24.3 Å². The van der Waals surface area contributed by atoms with E-state index in [-0.39, 0.29) is 43.2 Å². The molecular weight excluding hydrogens is 626 g/mol. The van der Waals surface area contributed by atoms with E-state index in [1.54, 1.807) is 30.0 Å². The highest BCUT2D eigenvalue weighted by Crippen LogP contribution is 2.35. The number of likely N-dealkylation sites (tertiary alicyclic amines) is 1. The first-order chi connectivity index (χ1) is 22.6. The highest BCUT2D eigenvalue weighted by atomic mass is 32.1. The maximum Gasteiger partial charge on any atom is 0.254 e. The van der Waals surface area contributed by atoms with E-state index in [1.807, 2.05) is 52.9 Å². The van der Waals surface area contributed by atoms with Gasteiger partial charge in [-0.1, -0.05) is 26.0 Å². The Morgan fingerprint density at radius 1 is 1.13 bits per heavy atom. The highest BCUT2D eigenvalue weighted by Gasteiger charge is 2.43. The van der Waals surface area contributed by atoms with Crippen molar-refractivity contribution in [2.24, 2.45) is 5.92 Å². The Morgan fingerprint density at radius 2 is 1.87 bits per heavy atom. The van der Waals surface area contributed by atoms with Crippen molar-refractivity contribution in [3.63, 3.8) is 0 Å². The number of carbonyl (C=O) groups is 2. The second kappa shape index (κ2) is 17.6. The van der Waals surface area contributed by atoms with E-state index >= 15 is 0 Å². The number of hydrogen-bond acceptors (Lipinski definition) is 12. The van der Waals surface area contributed by atoms with Crippen molar-refractivity contribution in [3.05, 3.63) is 46.8 Å². The molecule has 1 unspecified atom stereocenters. The summed E-state index contributed by atoms with van der Waals surface area (Å²) < 4.78 is 27.8. The zero-order chi connectivity index (χ0) is 33.9. The Bertz CT molecular complexity index is 1450. The SMILES string of the molecule is CNCCOCCOCCOc1cc(C(C(=O)N2C[C@H](O)C[C@H]2C(=O)N[C@@H](C)c2ccc(-c3scnc3C)cc2OC)C(C)C)on1. The van der Waals surface area contributed by atoms with Gasteiger partial charge in [-0.05, 0) is 43.6 Å². The molecule has 2 aromatic heterocycles. The van der Waals surface area contributed by atoms with Gasteiger partial charge in [0.15, 0.2) is 5.76 Å². The summed E-state index contributed by atoms with van der Waals surface area (Å²) in [6.07, 6.45) is -0.710. The minimum absolute atomic E-state index is 0.0360. The van der Waals surface area contributed by atoms with Gasteiger partial charge in [0, 0.05) is 31.1 Å². The summed E-state index contributed by atoms with van der Waals surface area (Å²) in [5.74, 6) is -0.395. The summed E-state index contributed by atoms with van der Waals surface area (Å²) in [6.45, 7) is 10.6. The molecule has 0 bridgehead atoms. The molecule has 1 saturated heterocycles. The lowest BCUT2D eigenvalue weighted by atomic mass is 9.91. The van der Waals surface area contributed by atoms with Gasteiger partial charge < -0.3 is 44.1 Å². The summed E-state index contributed by atoms with van der Waals surface area (Å²) in [6, 6.07) is 6.16. The number of rotatable bonds is 18. The molecule has 13 nitrogen and oxygen atoms in total. The fourth-order valence-electron chi connectivity index (χ4n) is 5.58. The number of hydrogen-bond donors (Lipinski definition) is 3. The van der Waals surface area contributed by atoms with Crippen molar-refractivity contribution in [3.8, 4) is 22.1 Å². The van der Waals surface area contributed by atoms with Gasteiger partial charge in [-0.2, -0.15) is 0 Å². The molecule has 0 spiro atoms. The molecule has 3 aromatic rings. The van der Waals surface area contributed by atoms with Gasteiger partial charge in [0.05, 0.1) is 61.8 Å². The number of benzene rings is 1. The monoisotopic (exact) mass is 673 g/mol. The second-order valence-corrected chi connectivity index (χ2v) is 12.7. The molecule has 3 heterocycles. The van der Waals surface area contributed by atoms with Crippen LogP contribution in [0.25, 0.3) is 10.4 Å². The van der Waals surface area contributed by atoms with Crippen LogP contribution in [0.2, 0.25) is 0 Å². The third kappa shape index (κ3) is 9.51. The van der Waals surface area contributed by atoms with E-state index in [4.69, 9.17) is 23.5 Å². The average molecular weight is 674 g/mol.